The van der Waals surface area contributed by atoms with Gasteiger partial charge in [0, 0.05) is 19.3 Å². The Balaban J connectivity index is 4.34. The lowest BCUT2D eigenvalue weighted by Crippen LogP contribution is -2.30. The molecular weight excluding hydrogens is 805 g/mol. The summed E-state index contributed by atoms with van der Waals surface area (Å²) < 4.78 is 16.8. The molecule has 0 aliphatic heterocycles. The molecule has 0 bridgehead atoms. The minimum Gasteiger partial charge on any atom is -0.462 e. The molecule has 0 amide bonds. The van der Waals surface area contributed by atoms with E-state index in [4.69, 9.17) is 14.2 Å². The zero-order valence-electron chi connectivity index (χ0n) is 43.3. The van der Waals surface area contributed by atoms with E-state index < -0.39 is 6.10 Å². The lowest BCUT2D eigenvalue weighted by Gasteiger charge is -2.18. The molecule has 378 valence electrons. The van der Waals surface area contributed by atoms with Gasteiger partial charge >= 0.3 is 17.9 Å². The molecule has 1 atom stereocenters. The summed E-state index contributed by atoms with van der Waals surface area (Å²) in [6.45, 7) is 6.59. The highest BCUT2D eigenvalue weighted by Gasteiger charge is 2.19. The summed E-state index contributed by atoms with van der Waals surface area (Å²) in [6.07, 6.45) is 65.3. The maximum absolute atomic E-state index is 12.8. The van der Waals surface area contributed by atoms with Crippen LogP contribution in [0.2, 0.25) is 0 Å². The monoisotopic (exact) mass is 911 g/mol. The molecule has 0 aliphatic carbocycles. The Labute approximate surface area is 403 Å². The van der Waals surface area contributed by atoms with E-state index >= 15 is 0 Å². The molecule has 0 aromatic rings. The van der Waals surface area contributed by atoms with Crippen molar-refractivity contribution in [1.82, 2.24) is 0 Å². The summed E-state index contributed by atoms with van der Waals surface area (Å²) >= 11 is 0. The molecule has 0 heterocycles. The molecule has 65 heavy (non-hydrogen) atoms. The minimum absolute atomic E-state index is 0.0843. The Bertz CT molecular complexity index is 1140. The van der Waals surface area contributed by atoms with E-state index in [9.17, 15) is 14.4 Å². The summed E-state index contributed by atoms with van der Waals surface area (Å²) in [6, 6.07) is 0. The van der Waals surface area contributed by atoms with Crippen LogP contribution < -0.4 is 0 Å². The molecular formula is C59H106O6. The zero-order chi connectivity index (χ0) is 47.2. The largest absolute Gasteiger partial charge is 0.462 e. The zero-order valence-corrected chi connectivity index (χ0v) is 43.3. The van der Waals surface area contributed by atoms with Crippen LogP contribution in [0.5, 0.6) is 0 Å². The van der Waals surface area contributed by atoms with Crippen molar-refractivity contribution in [3.63, 3.8) is 0 Å². The van der Waals surface area contributed by atoms with Crippen molar-refractivity contribution >= 4 is 17.9 Å². The van der Waals surface area contributed by atoms with Gasteiger partial charge in [-0.15, -0.1) is 0 Å². The molecule has 1 unspecified atom stereocenters. The molecule has 0 aromatic heterocycles. The van der Waals surface area contributed by atoms with Gasteiger partial charge in [0.1, 0.15) is 13.2 Å². The van der Waals surface area contributed by atoms with Gasteiger partial charge in [-0.2, -0.15) is 0 Å². The molecule has 0 spiro atoms. The average molecular weight is 911 g/mol. The van der Waals surface area contributed by atoms with E-state index in [1.54, 1.807) is 0 Å². The first-order valence-corrected chi connectivity index (χ1v) is 28.2. The van der Waals surface area contributed by atoms with E-state index in [0.29, 0.717) is 19.3 Å². The summed E-state index contributed by atoms with van der Waals surface area (Å²) in [5, 5.41) is 0. The highest BCUT2D eigenvalue weighted by molar-refractivity contribution is 5.71. The van der Waals surface area contributed by atoms with Crippen molar-refractivity contribution in [2.75, 3.05) is 13.2 Å². The number of carbonyl (C=O) groups excluding carboxylic acids is 3. The topological polar surface area (TPSA) is 78.9 Å². The molecule has 0 N–H and O–H groups in total. The summed E-state index contributed by atoms with van der Waals surface area (Å²) in [5.74, 6) is -0.908. The van der Waals surface area contributed by atoms with E-state index in [-0.39, 0.29) is 31.1 Å². The van der Waals surface area contributed by atoms with Crippen molar-refractivity contribution in [1.29, 1.82) is 0 Å². The molecule has 0 aromatic carbocycles. The third-order valence-corrected chi connectivity index (χ3v) is 12.3. The van der Waals surface area contributed by atoms with Crippen molar-refractivity contribution in [3.05, 3.63) is 48.6 Å². The molecule has 0 aliphatic rings. The van der Waals surface area contributed by atoms with Crippen LogP contribution >= 0.6 is 0 Å². The van der Waals surface area contributed by atoms with E-state index in [2.05, 4.69) is 69.4 Å². The second kappa shape index (κ2) is 54.0. The van der Waals surface area contributed by atoms with Crippen LogP contribution in [0.15, 0.2) is 48.6 Å². The first kappa shape index (κ1) is 62.4. The Morgan fingerprint density at radius 1 is 0.308 bits per heavy atom. The lowest BCUT2D eigenvalue weighted by atomic mass is 10.1. The van der Waals surface area contributed by atoms with Gasteiger partial charge in [-0.3, -0.25) is 14.4 Å². The Morgan fingerprint density at radius 2 is 0.569 bits per heavy atom. The number of allylic oxidation sites excluding steroid dienone is 8. The van der Waals surface area contributed by atoms with Crippen LogP contribution in [0.1, 0.15) is 290 Å². The van der Waals surface area contributed by atoms with Crippen molar-refractivity contribution in [2.24, 2.45) is 0 Å². The number of carbonyl (C=O) groups is 3. The normalized spacial score (nSPS) is 12.4. The smallest absolute Gasteiger partial charge is 0.306 e. The average Bonchev–Trinajstić information content (AvgIpc) is 3.30. The molecule has 6 nitrogen and oxygen atoms in total. The third-order valence-electron chi connectivity index (χ3n) is 12.3. The van der Waals surface area contributed by atoms with Crippen molar-refractivity contribution in [3.8, 4) is 0 Å². The number of hydrogen-bond acceptors (Lipinski definition) is 6. The number of hydrogen-bond donors (Lipinski definition) is 0. The minimum atomic E-state index is -0.786. The predicted molar refractivity (Wildman–Crippen MR) is 279 cm³/mol. The molecule has 6 heteroatoms. The van der Waals surface area contributed by atoms with E-state index in [0.717, 1.165) is 96.3 Å². The summed E-state index contributed by atoms with van der Waals surface area (Å²) in [4.78, 5) is 38.0. The van der Waals surface area contributed by atoms with Crippen LogP contribution in [0.4, 0.5) is 0 Å². The summed E-state index contributed by atoms with van der Waals surface area (Å²) in [5.41, 5.74) is 0. The summed E-state index contributed by atoms with van der Waals surface area (Å²) in [7, 11) is 0. The highest BCUT2D eigenvalue weighted by atomic mass is 16.6. The standard InChI is InChI=1S/C59H106O6/c1-4-7-10-13-16-19-22-24-26-28-30-32-33-35-37-40-43-46-49-52-58(61)64-55-56(54-63-57(60)51-48-45-42-39-21-18-15-12-9-6-3)65-59(62)53-50-47-44-41-38-36-34-31-29-27-25-23-20-17-14-11-8-5-2/h15,18,27-31,34,56H,4-14,16-17,19-26,32-33,35-55H2,1-3H3/b18-15-,29-27-,30-28-,34-31-. The second-order valence-corrected chi connectivity index (χ2v) is 18.9. The highest BCUT2D eigenvalue weighted by Crippen LogP contribution is 2.15. The maximum Gasteiger partial charge on any atom is 0.306 e. The van der Waals surface area contributed by atoms with Crippen LogP contribution in [0, 0.1) is 0 Å². The fourth-order valence-electron chi connectivity index (χ4n) is 8.00. The Hall–Kier alpha value is -2.63. The molecule has 0 radical (unpaired) electrons. The SMILES string of the molecule is CCCC/C=C\CCCCCCC(=O)OCC(COC(=O)CCCCCCCCC/C=C\CCCCCCCCCC)OC(=O)CCCCCCC/C=C\C=C/CCCCCCCCC. The first-order valence-electron chi connectivity index (χ1n) is 28.2. The van der Waals surface area contributed by atoms with Crippen LogP contribution in [0.3, 0.4) is 0 Å². The third kappa shape index (κ3) is 52.2. The van der Waals surface area contributed by atoms with Gasteiger partial charge in [0.05, 0.1) is 0 Å². The van der Waals surface area contributed by atoms with Gasteiger partial charge in [0.25, 0.3) is 0 Å². The second-order valence-electron chi connectivity index (χ2n) is 18.9. The molecule has 0 saturated heterocycles. The molecule has 0 saturated carbocycles. The fourth-order valence-corrected chi connectivity index (χ4v) is 8.00. The van der Waals surface area contributed by atoms with Gasteiger partial charge < -0.3 is 14.2 Å². The molecule has 0 rings (SSSR count). The molecule has 0 fully saturated rings. The number of ether oxygens (including phenoxy) is 3. The predicted octanol–water partition coefficient (Wildman–Crippen LogP) is 18.7. The fraction of sp³-hybridized carbons (Fsp3) is 0.814. The maximum atomic E-state index is 12.8. The van der Waals surface area contributed by atoms with Crippen molar-refractivity contribution in [2.45, 2.75) is 297 Å². The number of unbranched alkanes of at least 4 members (excludes halogenated alkanes) is 33. The van der Waals surface area contributed by atoms with Crippen LogP contribution in [0.25, 0.3) is 0 Å². The Morgan fingerprint density at radius 3 is 0.908 bits per heavy atom. The van der Waals surface area contributed by atoms with Crippen LogP contribution in [-0.2, 0) is 28.6 Å². The van der Waals surface area contributed by atoms with Gasteiger partial charge in [0.15, 0.2) is 6.10 Å². The van der Waals surface area contributed by atoms with Crippen LogP contribution in [-0.4, -0.2) is 37.2 Å². The Kier molecular flexibility index (Phi) is 51.8. The van der Waals surface area contributed by atoms with Gasteiger partial charge in [-0.1, -0.05) is 230 Å². The first-order chi connectivity index (χ1) is 32.0. The van der Waals surface area contributed by atoms with Gasteiger partial charge in [-0.05, 0) is 89.9 Å². The van der Waals surface area contributed by atoms with Gasteiger partial charge in [-0.25, -0.2) is 0 Å². The number of esters is 3. The lowest BCUT2D eigenvalue weighted by molar-refractivity contribution is -0.167. The van der Waals surface area contributed by atoms with E-state index in [1.807, 2.05) is 0 Å². The van der Waals surface area contributed by atoms with Crippen molar-refractivity contribution < 1.29 is 28.6 Å². The number of rotatable bonds is 51. The van der Waals surface area contributed by atoms with Gasteiger partial charge in [0.2, 0.25) is 0 Å². The quantitative estimate of drug-likeness (QED) is 0.0199. The van der Waals surface area contributed by atoms with E-state index in [1.165, 1.54) is 154 Å².